The van der Waals surface area contributed by atoms with E-state index in [2.05, 4.69) is 10.5 Å². The summed E-state index contributed by atoms with van der Waals surface area (Å²) in [6, 6.07) is 15.8. The van der Waals surface area contributed by atoms with Crippen LogP contribution in [0.2, 0.25) is 0 Å². The molecule has 0 aliphatic rings. The Bertz CT molecular complexity index is 1140. The highest BCUT2D eigenvalue weighted by Crippen LogP contribution is 2.19. The number of furan rings is 1. The van der Waals surface area contributed by atoms with E-state index in [1.807, 2.05) is 25.1 Å². The Hall–Kier alpha value is -4.47. The summed E-state index contributed by atoms with van der Waals surface area (Å²) in [7, 11) is 0. The van der Waals surface area contributed by atoms with Gasteiger partial charge in [0.1, 0.15) is 16.4 Å². The van der Waals surface area contributed by atoms with Gasteiger partial charge >= 0.3 is 11.9 Å². The molecule has 3 rings (SSSR count). The van der Waals surface area contributed by atoms with Gasteiger partial charge in [0.25, 0.3) is 5.91 Å². The van der Waals surface area contributed by atoms with Crippen LogP contribution in [0.15, 0.2) is 70.2 Å². The fourth-order valence-electron chi connectivity index (χ4n) is 2.42. The average molecular weight is 423 g/mol. The first-order valence-corrected chi connectivity index (χ1v) is 8.98. The first kappa shape index (κ1) is 21.2. The average Bonchev–Trinajstić information content (AvgIpc) is 3.24. The molecule has 2 aromatic carbocycles. The second kappa shape index (κ2) is 9.83. The molecule has 1 aromatic heterocycles. The van der Waals surface area contributed by atoms with Crippen molar-refractivity contribution in [1.29, 1.82) is 0 Å². The Labute approximate surface area is 176 Å². The normalized spacial score (nSPS) is 10.6. The molecule has 158 valence electrons. The number of hydrogen-bond acceptors (Lipinski definition) is 8. The number of aryl methyl sites for hydroxylation is 1. The van der Waals surface area contributed by atoms with Crippen LogP contribution in [-0.2, 0) is 4.79 Å². The lowest BCUT2D eigenvalue weighted by Gasteiger charge is -2.05. The number of nitrogens with one attached hydrogen (secondary N) is 1. The van der Waals surface area contributed by atoms with Crippen LogP contribution in [0.1, 0.15) is 21.7 Å². The van der Waals surface area contributed by atoms with Crippen LogP contribution in [0.25, 0.3) is 0 Å². The van der Waals surface area contributed by atoms with Crippen molar-refractivity contribution >= 4 is 24.0 Å². The van der Waals surface area contributed by atoms with E-state index < -0.39 is 22.7 Å². The van der Waals surface area contributed by atoms with Gasteiger partial charge in [0.05, 0.1) is 12.3 Å². The summed E-state index contributed by atoms with van der Waals surface area (Å²) in [5, 5.41) is 14.5. The van der Waals surface area contributed by atoms with E-state index in [0.717, 1.165) is 17.7 Å². The van der Waals surface area contributed by atoms with E-state index in [4.69, 9.17) is 13.9 Å². The lowest BCUT2D eigenvalue weighted by atomic mass is 10.2. The van der Waals surface area contributed by atoms with E-state index in [1.165, 1.54) is 18.3 Å². The smallest absolute Gasteiger partial charge is 0.433 e. The standard InChI is InChI=1S/C21H17N3O7/c1-14-4-2-6-16(10-14)29-13-19(25)23-22-12-15-5-3-7-17(11-15)30-21(26)18-8-9-20(31-18)24(27)28/h2-12H,13H2,1H3,(H,23,25)/b22-12-. The number of nitro groups is 1. The second-order valence-corrected chi connectivity index (χ2v) is 6.26. The monoisotopic (exact) mass is 423 g/mol. The Morgan fingerprint density at radius 1 is 1.13 bits per heavy atom. The van der Waals surface area contributed by atoms with E-state index in [1.54, 1.807) is 18.2 Å². The van der Waals surface area contributed by atoms with Crippen molar-refractivity contribution in [3.8, 4) is 11.5 Å². The van der Waals surface area contributed by atoms with E-state index in [-0.39, 0.29) is 18.1 Å². The van der Waals surface area contributed by atoms with Crippen LogP contribution in [0, 0.1) is 17.0 Å². The van der Waals surface area contributed by atoms with Crippen LogP contribution in [0.3, 0.4) is 0 Å². The molecule has 31 heavy (non-hydrogen) atoms. The van der Waals surface area contributed by atoms with E-state index >= 15 is 0 Å². The minimum absolute atomic E-state index is 0.169. The van der Waals surface area contributed by atoms with Crippen molar-refractivity contribution in [1.82, 2.24) is 5.43 Å². The second-order valence-electron chi connectivity index (χ2n) is 6.26. The molecule has 0 fully saturated rings. The highest BCUT2D eigenvalue weighted by Gasteiger charge is 2.19. The summed E-state index contributed by atoms with van der Waals surface area (Å²) in [4.78, 5) is 33.7. The van der Waals surface area contributed by atoms with Gasteiger partial charge < -0.3 is 13.9 Å². The number of rotatable bonds is 8. The predicted octanol–water partition coefficient (Wildman–Crippen LogP) is 3.24. The first-order chi connectivity index (χ1) is 14.9. The minimum atomic E-state index is -0.885. The quantitative estimate of drug-likeness (QED) is 0.193. The number of esters is 1. The van der Waals surface area contributed by atoms with Crippen LogP contribution in [0.4, 0.5) is 5.88 Å². The first-order valence-electron chi connectivity index (χ1n) is 8.98. The van der Waals surface area contributed by atoms with Crippen molar-refractivity contribution < 1.29 is 28.4 Å². The van der Waals surface area contributed by atoms with Crippen molar-refractivity contribution in [2.24, 2.45) is 5.10 Å². The van der Waals surface area contributed by atoms with Crippen LogP contribution in [-0.4, -0.2) is 29.6 Å². The van der Waals surface area contributed by atoms with Crippen molar-refractivity contribution in [2.75, 3.05) is 6.61 Å². The third-order valence-electron chi connectivity index (χ3n) is 3.80. The molecular weight excluding hydrogens is 406 g/mol. The maximum absolute atomic E-state index is 12.0. The fourth-order valence-corrected chi connectivity index (χ4v) is 2.42. The van der Waals surface area contributed by atoms with Gasteiger partial charge in [-0.15, -0.1) is 0 Å². The molecule has 0 bridgehead atoms. The molecule has 0 saturated carbocycles. The number of benzene rings is 2. The zero-order chi connectivity index (χ0) is 22.2. The summed E-state index contributed by atoms with van der Waals surface area (Å²) < 4.78 is 15.3. The maximum atomic E-state index is 12.0. The predicted molar refractivity (Wildman–Crippen MR) is 109 cm³/mol. The molecule has 3 aromatic rings. The van der Waals surface area contributed by atoms with Gasteiger partial charge in [0.15, 0.2) is 6.61 Å². The SMILES string of the molecule is Cc1cccc(OCC(=O)N/N=C\c2cccc(OC(=O)c3ccc([N+](=O)[O-])o3)c2)c1. The van der Waals surface area contributed by atoms with Gasteiger partial charge in [-0.05, 0) is 48.4 Å². The van der Waals surface area contributed by atoms with Gasteiger partial charge in [0, 0.05) is 0 Å². The molecule has 0 spiro atoms. The van der Waals surface area contributed by atoms with Crippen LogP contribution in [0.5, 0.6) is 11.5 Å². The van der Waals surface area contributed by atoms with Gasteiger partial charge in [-0.3, -0.25) is 14.9 Å². The number of ether oxygens (including phenoxy) is 2. The summed E-state index contributed by atoms with van der Waals surface area (Å²) in [6.07, 6.45) is 1.36. The number of carbonyl (C=O) groups excluding carboxylic acids is 2. The molecule has 0 radical (unpaired) electrons. The largest absolute Gasteiger partial charge is 0.484 e. The summed E-state index contributed by atoms with van der Waals surface area (Å²) in [6.45, 7) is 1.72. The lowest BCUT2D eigenvalue weighted by Crippen LogP contribution is -2.24. The Kier molecular flexibility index (Phi) is 6.74. The van der Waals surface area contributed by atoms with Gasteiger partial charge in [-0.25, -0.2) is 10.2 Å². The number of hydrogen-bond donors (Lipinski definition) is 1. The Balaban J connectivity index is 1.52. The van der Waals surface area contributed by atoms with E-state index in [0.29, 0.717) is 11.3 Å². The molecule has 10 nitrogen and oxygen atoms in total. The maximum Gasteiger partial charge on any atom is 0.433 e. The van der Waals surface area contributed by atoms with Crippen LogP contribution < -0.4 is 14.9 Å². The lowest BCUT2D eigenvalue weighted by molar-refractivity contribution is -0.402. The summed E-state index contributed by atoms with van der Waals surface area (Å²) in [5.74, 6) is -1.44. The Morgan fingerprint density at radius 2 is 1.90 bits per heavy atom. The molecule has 1 amide bonds. The molecular formula is C21H17N3O7. The minimum Gasteiger partial charge on any atom is -0.484 e. The molecule has 0 aliphatic heterocycles. The zero-order valence-electron chi connectivity index (χ0n) is 16.3. The molecule has 0 saturated heterocycles. The van der Waals surface area contributed by atoms with E-state index in [9.17, 15) is 19.7 Å². The summed E-state index contributed by atoms with van der Waals surface area (Å²) in [5.41, 5.74) is 3.89. The molecule has 0 aliphatic carbocycles. The van der Waals surface area contributed by atoms with Gasteiger partial charge in [-0.2, -0.15) is 5.10 Å². The molecule has 0 unspecified atom stereocenters. The molecule has 1 heterocycles. The summed E-state index contributed by atoms with van der Waals surface area (Å²) >= 11 is 0. The molecule has 1 N–H and O–H groups in total. The number of carbonyl (C=O) groups is 2. The highest BCUT2D eigenvalue weighted by molar-refractivity contribution is 5.89. The fraction of sp³-hybridized carbons (Fsp3) is 0.0952. The van der Waals surface area contributed by atoms with Gasteiger partial charge in [0.2, 0.25) is 5.76 Å². The van der Waals surface area contributed by atoms with Crippen molar-refractivity contribution in [3.05, 3.63) is 87.7 Å². The molecule has 0 atom stereocenters. The highest BCUT2D eigenvalue weighted by atomic mass is 16.7. The third kappa shape index (κ3) is 6.26. The number of nitrogens with zero attached hydrogens (tertiary/aromatic N) is 2. The third-order valence-corrected chi connectivity index (χ3v) is 3.80. The topological polar surface area (TPSA) is 133 Å². The molecule has 10 heteroatoms. The Morgan fingerprint density at radius 3 is 2.65 bits per heavy atom. The van der Waals surface area contributed by atoms with Crippen molar-refractivity contribution in [2.45, 2.75) is 6.92 Å². The number of amides is 1. The number of hydrazone groups is 1. The van der Waals surface area contributed by atoms with Crippen LogP contribution >= 0.6 is 0 Å². The van der Waals surface area contributed by atoms with Gasteiger partial charge in [-0.1, -0.05) is 24.3 Å². The van der Waals surface area contributed by atoms with Crippen molar-refractivity contribution in [3.63, 3.8) is 0 Å². The zero-order valence-corrected chi connectivity index (χ0v) is 16.3.